The molecule has 264 valence electrons. The maximum atomic E-state index is 4.30. The summed E-state index contributed by atoms with van der Waals surface area (Å²) in [7, 11) is 0. The summed E-state index contributed by atoms with van der Waals surface area (Å²) in [6, 6.07) is 0. The van der Waals surface area contributed by atoms with Gasteiger partial charge in [-0.3, -0.25) is 0 Å². The molecule has 0 aliphatic carbocycles. The zero-order valence-electron chi connectivity index (χ0n) is 33.7. The summed E-state index contributed by atoms with van der Waals surface area (Å²) in [6.45, 7) is 35.8. The van der Waals surface area contributed by atoms with Crippen molar-refractivity contribution < 1.29 is 0 Å². The Labute approximate surface area is 291 Å². The molecular weight excluding hydrogens is 553 g/mol. The van der Waals surface area contributed by atoms with Crippen LogP contribution in [0.2, 0.25) is 0 Å². The van der Waals surface area contributed by atoms with Gasteiger partial charge in [0.1, 0.15) is 0 Å². The van der Waals surface area contributed by atoms with E-state index in [2.05, 4.69) is 152 Å². The summed E-state index contributed by atoms with van der Waals surface area (Å²) in [5, 5.41) is 0. The van der Waals surface area contributed by atoms with Crippen LogP contribution in [0.1, 0.15) is 180 Å². The first-order valence-corrected chi connectivity index (χ1v) is 18.7. The van der Waals surface area contributed by atoms with Crippen molar-refractivity contribution in [3.8, 4) is 0 Å². The van der Waals surface area contributed by atoms with Crippen molar-refractivity contribution >= 4 is 0 Å². The maximum absolute atomic E-state index is 4.30. The second kappa shape index (κ2) is 28.0. The lowest BCUT2D eigenvalue weighted by molar-refractivity contribution is 0.435. The number of hydrogen-bond acceptors (Lipinski definition) is 0. The van der Waals surface area contributed by atoms with Crippen LogP contribution in [0, 0.1) is 17.3 Å². The van der Waals surface area contributed by atoms with Gasteiger partial charge >= 0.3 is 0 Å². The lowest BCUT2D eigenvalue weighted by atomic mass is 9.85. The minimum atomic E-state index is 0.251. The van der Waals surface area contributed by atoms with Crippen LogP contribution in [0.25, 0.3) is 0 Å². The van der Waals surface area contributed by atoms with Gasteiger partial charge in [-0.25, -0.2) is 0 Å². The van der Waals surface area contributed by atoms with Gasteiger partial charge in [0.15, 0.2) is 0 Å². The van der Waals surface area contributed by atoms with Gasteiger partial charge in [0.2, 0.25) is 0 Å². The lowest BCUT2D eigenvalue weighted by Crippen LogP contribution is -2.07. The van der Waals surface area contributed by atoms with Crippen LogP contribution in [-0.2, 0) is 0 Å². The zero-order chi connectivity index (χ0) is 35.5. The largest absolute Gasteiger partial charge is 0.0995 e. The molecule has 0 aromatic carbocycles. The first-order valence-electron chi connectivity index (χ1n) is 18.7. The number of hydrogen-bond donors (Lipinski definition) is 0. The predicted molar refractivity (Wildman–Crippen MR) is 216 cm³/mol. The summed E-state index contributed by atoms with van der Waals surface area (Å²) in [6.07, 6.45) is 34.2. The summed E-state index contributed by atoms with van der Waals surface area (Å²) in [5.41, 5.74) is 10.5. The fourth-order valence-electron chi connectivity index (χ4n) is 4.72. The highest BCUT2D eigenvalue weighted by Crippen LogP contribution is 2.28. The van der Waals surface area contributed by atoms with Gasteiger partial charge in [-0.15, -0.1) is 0 Å². The molecule has 0 radical (unpaired) electrons. The monoisotopic (exact) mass is 633 g/mol. The molecule has 0 fully saturated rings. The number of rotatable bonds is 22. The van der Waals surface area contributed by atoms with E-state index >= 15 is 0 Å². The van der Waals surface area contributed by atoms with E-state index in [0.29, 0.717) is 0 Å². The van der Waals surface area contributed by atoms with E-state index in [0.717, 1.165) is 43.9 Å². The van der Waals surface area contributed by atoms with Crippen LogP contribution in [-0.4, -0.2) is 0 Å². The lowest BCUT2D eigenvalue weighted by Gasteiger charge is -2.20. The first-order chi connectivity index (χ1) is 21.4. The molecule has 0 unspecified atom stereocenters. The Hall–Kier alpha value is -2.08. The Bertz CT molecular complexity index is 1010. The van der Waals surface area contributed by atoms with Crippen LogP contribution in [0.4, 0.5) is 0 Å². The highest BCUT2D eigenvalue weighted by Gasteiger charge is 2.13. The minimum absolute atomic E-state index is 0.251. The van der Waals surface area contributed by atoms with Crippen molar-refractivity contribution in [2.75, 3.05) is 0 Å². The van der Waals surface area contributed by atoms with Crippen molar-refractivity contribution in [1.29, 1.82) is 0 Å². The zero-order valence-corrected chi connectivity index (χ0v) is 33.7. The molecule has 0 nitrogen and oxygen atoms in total. The Morgan fingerprint density at radius 1 is 0.522 bits per heavy atom. The molecule has 0 N–H and O–H groups in total. The first kappa shape index (κ1) is 46.0. The molecule has 0 aliphatic heterocycles. The van der Waals surface area contributed by atoms with E-state index < -0.39 is 0 Å². The molecule has 0 saturated heterocycles. The molecule has 0 aromatic heterocycles. The van der Waals surface area contributed by atoms with Crippen molar-refractivity contribution in [2.45, 2.75) is 180 Å². The van der Waals surface area contributed by atoms with Crippen LogP contribution in [0.15, 0.2) is 94.2 Å². The van der Waals surface area contributed by atoms with Crippen LogP contribution >= 0.6 is 0 Å². The van der Waals surface area contributed by atoms with Crippen LogP contribution < -0.4 is 0 Å². The molecule has 0 heteroatoms. The third-order valence-electron chi connectivity index (χ3n) is 8.23. The van der Waals surface area contributed by atoms with Crippen molar-refractivity contribution in [1.82, 2.24) is 0 Å². The van der Waals surface area contributed by atoms with E-state index in [1.54, 1.807) is 0 Å². The van der Waals surface area contributed by atoms with Gasteiger partial charge in [-0.05, 0) is 156 Å². The summed E-state index contributed by atoms with van der Waals surface area (Å²) in [4.78, 5) is 0. The fraction of sp³-hybridized carbons (Fsp3) is 0.652. The molecule has 0 amide bonds. The van der Waals surface area contributed by atoms with Gasteiger partial charge in [0.25, 0.3) is 0 Å². The molecule has 0 aromatic rings. The van der Waals surface area contributed by atoms with Gasteiger partial charge < -0.3 is 0 Å². The minimum Gasteiger partial charge on any atom is -0.0995 e. The Morgan fingerprint density at radius 3 is 1.35 bits per heavy atom. The Balaban J connectivity index is 0. The van der Waals surface area contributed by atoms with Crippen molar-refractivity contribution in [3.63, 3.8) is 0 Å². The highest BCUT2D eigenvalue weighted by atomic mass is 14.2. The average Bonchev–Trinajstić information content (AvgIpc) is 2.95. The summed E-state index contributed by atoms with van der Waals surface area (Å²) >= 11 is 0. The predicted octanol–water partition coefficient (Wildman–Crippen LogP) is 16.2. The molecule has 0 rings (SSSR count). The van der Waals surface area contributed by atoms with E-state index in [-0.39, 0.29) is 5.41 Å². The molecule has 0 saturated carbocycles. The summed E-state index contributed by atoms with van der Waals surface area (Å²) < 4.78 is 0. The topological polar surface area (TPSA) is 0 Å². The quantitative estimate of drug-likeness (QED) is 0.104. The number of allylic oxidation sites excluding steroid dienone is 15. The maximum Gasteiger partial charge on any atom is -0.0139 e. The highest BCUT2D eigenvalue weighted by molar-refractivity contribution is 5.10. The van der Waals surface area contributed by atoms with E-state index in [9.17, 15) is 0 Å². The van der Waals surface area contributed by atoms with Crippen LogP contribution in [0.5, 0.6) is 0 Å². The van der Waals surface area contributed by atoms with Crippen LogP contribution in [0.3, 0.4) is 0 Å². The molecule has 0 aliphatic rings. The normalized spacial score (nSPS) is 13.3. The molecule has 0 bridgehead atoms. The molecule has 46 heavy (non-hydrogen) atoms. The van der Waals surface area contributed by atoms with Gasteiger partial charge in [0.05, 0.1) is 0 Å². The van der Waals surface area contributed by atoms with E-state index in [4.69, 9.17) is 0 Å². The SMILES string of the molecule is C=C(C/C=C(\C)CCC=C(C)C)CCC(C)(C)/C=C/CC/C(C)=C\CC(C)C.CC(C)=CCC/C(C)=C/CC/C(C)=C/CC(C)C. The molecule has 0 atom stereocenters. The second-order valence-electron chi connectivity index (χ2n) is 16.0. The van der Waals surface area contributed by atoms with Gasteiger partial charge in [0, 0.05) is 0 Å². The van der Waals surface area contributed by atoms with E-state index in [1.165, 1.54) is 90.4 Å². The Kier molecular flexibility index (Phi) is 28.0. The summed E-state index contributed by atoms with van der Waals surface area (Å²) in [5.74, 6) is 1.54. The standard InChI is InChI=1S/C28H48.C18H32/c1-23(2)13-12-15-26(6)18-19-27(7)20-22-28(8,9)21-11-10-14-25(5)17-16-24(3)4;1-15(2)9-7-10-17(5)11-8-12-18(6)14-13-16(3)4/h11,13,17-18,21,24H,7,10,12,14-16,19-20,22H2,1-6,8-9H3;9,11,14,16H,7-8,10,12-13H2,1-6H3/b21-11+,25-17-,26-18+;17-11+,18-14+. The Morgan fingerprint density at radius 2 is 0.913 bits per heavy atom. The molecule has 0 spiro atoms. The van der Waals surface area contributed by atoms with E-state index in [1.807, 2.05) is 0 Å². The third-order valence-corrected chi connectivity index (χ3v) is 8.23. The third kappa shape index (κ3) is 34.8. The average molecular weight is 633 g/mol. The van der Waals surface area contributed by atoms with Crippen molar-refractivity contribution in [3.05, 3.63) is 94.2 Å². The molecular formula is C46H80. The van der Waals surface area contributed by atoms with Crippen molar-refractivity contribution in [2.24, 2.45) is 17.3 Å². The van der Waals surface area contributed by atoms with Gasteiger partial charge in [-0.2, -0.15) is 0 Å². The molecule has 0 heterocycles. The fourth-order valence-corrected chi connectivity index (χ4v) is 4.72. The van der Waals surface area contributed by atoms with Gasteiger partial charge in [-0.1, -0.05) is 136 Å². The smallest absolute Gasteiger partial charge is 0.0139 e. The second-order valence-corrected chi connectivity index (χ2v) is 16.0.